The Balaban J connectivity index is 2.22. The lowest BCUT2D eigenvalue weighted by molar-refractivity contribution is 0.112. The molecule has 1 heterocycles. The maximum Gasteiger partial charge on any atom is 0.176 e. The first-order valence-corrected chi connectivity index (χ1v) is 6.14. The molecule has 2 aromatic carbocycles. The summed E-state index contributed by atoms with van der Waals surface area (Å²) in [6.07, 6.45) is 0.691. The van der Waals surface area contributed by atoms with E-state index in [4.69, 9.17) is 9.15 Å². The van der Waals surface area contributed by atoms with Crippen LogP contribution in [-0.2, 0) is 0 Å². The predicted molar refractivity (Wildman–Crippen MR) is 73.5 cm³/mol. The number of methoxy groups -OCH3 is 1. The van der Waals surface area contributed by atoms with Gasteiger partial charge in [0.15, 0.2) is 11.3 Å². The molecule has 0 saturated heterocycles. The third-order valence-corrected chi connectivity index (χ3v) is 3.11. The SMILES string of the molecule is COc1cc(C=O)cc2cc(-c3cc(F)cc(F)c3)oc12. The smallest absolute Gasteiger partial charge is 0.176 e. The van der Waals surface area contributed by atoms with Crippen molar-refractivity contribution in [3.8, 4) is 17.1 Å². The molecule has 0 amide bonds. The molecule has 0 unspecified atom stereocenters. The molecule has 0 spiro atoms. The number of carbonyl (C=O) groups is 1. The Morgan fingerprint density at radius 3 is 2.38 bits per heavy atom. The maximum atomic E-state index is 13.3. The average Bonchev–Trinajstić information content (AvgIpc) is 2.89. The molecule has 0 aliphatic rings. The van der Waals surface area contributed by atoms with Crippen LogP contribution in [0.3, 0.4) is 0 Å². The molecule has 0 bridgehead atoms. The van der Waals surface area contributed by atoms with Crippen LogP contribution in [0.1, 0.15) is 10.4 Å². The van der Waals surface area contributed by atoms with E-state index in [-0.39, 0.29) is 5.56 Å². The Labute approximate surface area is 118 Å². The minimum Gasteiger partial charge on any atom is -0.493 e. The normalized spacial score (nSPS) is 10.8. The van der Waals surface area contributed by atoms with Crippen molar-refractivity contribution in [1.29, 1.82) is 0 Å². The van der Waals surface area contributed by atoms with E-state index in [0.29, 0.717) is 34.3 Å². The fourth-order valence-corrected chi connectivity index (χ4v) is 2.20. The molecule has 3 rings (SSSR count). The lowest BCUT2D eigenvalue weighted by Gasteiger charge is -2.01. The summed E-state index contributed by atoms with van der Waals surface area (Å²) in [7, 11) is 1.45. The van der Waals surface area contributed by atoms with Gasteiger partial charge in [0.05, 0.1) is 7.11 Å². The number of halogens is 2. The highest BCUT2D eigenvalue weighted by molar-refractivity contribution is 5.92. The molecular weight excluding hydrogens is 278 g/mol. The molecule has 0 radical (unpaired) electrons. The van der Waals surface area contributed by atoms with Gasteiger partial charge in [-0.3, -0.25) is 4.79 Å². The van der Waals surface area contributed by atoms with Crippen LogP contribution in [0.4, 0.5) is 8.78 Å². The standard InChI is InChI=1S/C16H10F2O3/c1-20-15-3-9(8-19)2-11-6-14(21-16(11)15)10-4-12(17)7-13(18)5-10/h2-8H,1H3. The van der Waals surface area contributed by atoms with Crippen molar-refractivity contribution in [2.75, 3.05) is 7.11 Å². The van der Waals surface area contributed by atoms with Crippen molar-refractivity contribution in [3.05, 3.63) is 53.6 Å². The molecule has 0 fully saturated rings. The van der Waals surface area contributed by atoms with Gasteiger partial charge in [0.1, 0.15) is 23.7 Å². The number of ether oxygens (including phenoxy) is 1. The van der Waals surface area contributed by atoms with E-state index in [0.717, 1.165) is 6.07 Å². The molecule has 0 N–H and O–H groups in total. The first kappa shape index (κ1) is 13.3. The Hall–Kier alpha value is -2.69. The Kier molecular flexibility index (Phi) is 3.17. The molecule has 3 nitrogen and oxygen atoms in total. The Bertz CT molecular complexity index is 817. The number of hydrogen-bond donors (Lipinski definition) is 0. The summed E-state index contributed by atoms with van der Waals surface area (Å²) >= 11 is 0. The molecular formula is C16H10F2O3. The lowest BCUT2D eigenvalue weighted by Crippen LogP contribution is -1.86. The topological polar surface area (TPSA) is 39.4 Å². The second-order valence-corrected chi connectivity index (χ2v) is 4.53. The molecule has 0 atom stereocenters. The van der Waals surface area contributed by atoms with Gasteiger partial charge in [-0.1, -0.05) is 0 Å². The number of hydrogen-bond acceptors (Lipinski definition) is 3. The summed E-state index contributed by atoms with van der Waals surface area (Å²) < 4.78 is 37.3. The van der Waals surface area contributed by atoms with E-state index >= 15 is 0 Å². The number of furan rings is 1. The molecule has 0 saturated carbocycles. The van der Waals surface area contributed by atoms with Gasteiger partial charge >= 0.3 is 0 Å². The van der Waals surface area contributed by atoms with E-state index in [2.05, 4.69) is 0 Å². The third kappa shape index (κ3) is 2.38. The number of carbonyl (C=O) groups excluding carboxylic acids is 1. The second kappa shape index (κ2) is 5.01. The van der Waals surface area contributed by atoms with Crippen LogP contribution in [0.2, 0.25) is 0 Å². The van der Waals surface area contributed by atoms with E-state index in [1.54, 1.807) is 12.1 Å². The first-order chi connectivity index (χ1) is 10.1. The van der Waals surface area contributed by atoms with Gasteiger partial charge in [-0.15, -0.1) is 0 Å². The van der Waals surface area contributed by atoms with Crippen LogP contribution in [0.5, 0.6) is 5.75 Å². The molecule has 1 aromatic heterocycles. The van der Waals surface area contributed by atoms with Crippen LogP contribution < -0.4 is 4.74 Å². The van der Waals surface area contributed by atoms with Gasteiger partial charge in [0, 0.05) is 22.6 Å². The summed E-state index contributed by atoms with van der Waals surface area (Å²) in [4.78, 5) is 10.9. The summed E-state index contributed by atoms with van der Waals surface area (Å²) in [5, 5.41) is 0.621. The highest BCUT2D eigenvalue weighted by atomic mass is 19.1. The van der Waals surface area contributed by atoms with E-state index in [1.165, 1.54) is 25.3 Å². The third-order valence-electron chi connectivity index (χ3n) is 3.11. The number of aldehydes is 1. The fourth-order valence-electron chi connectivity index (χ4n) is 2.20. The van der Waals surface area contributed by atoms with Gasteiger partial charge in [0.25, 0.3) is 0 Å². The summed E-state index contributed by atoms with van der Waals surface area (Å²) in [6, 6.07) is 7.90. The van der Waals surface area contributed by atoms with Crippen LogP contribution in [0.25, 0.3) is 22.3 Å². The van der Waals surface area contributed by atoms with Crippen LogP contribution in [-0.4, -0.2) is 13.4 Å². The average molecular weight is 288 g/mol. The quantitative estimate of drug-likeness (QED) is 0.678. The molecule has 21 heavy (non-hydrogen) atoms. The number of benzene rings is 2. The van der Waals surface area contributed by atoms with Crippen molar-refractivity contribution in [2.45, 2.75) is 0 Å². The van der Waals surface area contributed by atoms with Gasteiger partial charge in [-0.2, -0.15) is 0 Å². The van der Waals surface area contributed by atoms with Gasteiger partial charge in [0.2, 0.25) is 0 Å². The molecule has 0 aliphatic heterocycles. The molecule has 0 aliphatic carbocycles. The monoisotopic (exact) mass is 288 g/mol. The zero-order valence-corrected chi connectivity index (χ0v) is 11.0. The number of rotatable bonds is 3. The largest absolute Gasteiger partial charge is 0.493 e. The lowest BCUT2D eigenvalue weighted by atomic mass is 10.1. The van der Waals surface area contributed by atoms with Gasteiger partial charge in [-0.05, 0) is 30.3 Å². The molecule has 106 valence electrons. The first-order valence-electron chi connectivity index (χ1n) is 6.14. The highest BCUT2D eigenvalue weighted by Gasteiger charge is 2.13. The van der Waals surface area contributed by atoms with Crippen molar-refractivity contribution in [3.63, 3.8) is 0 Å². The summed E-state index contributed by atoms with van der Waals surface area (Å²) in [5.41, 5.74) is 1.12. The predicted octanol–water partition coefficient (Wildman–Crippen LogP) is 4.20. The maximum absolute atomic E-state index is 13.3. The molecule has 3 aromatic rings. The summed E-state index contributed by atoms with van der Waals surface area (Å²) in [6.45, 7) is 0. The van der Waals surface area contributed by atoms with Gasteiger partial charge in [-0.25, -0.2) is 8.78 Å². The van der Waals surface area contributed by atoms with Crippen molar-refractivity contribution < 1.29 is 22.7 Å². The van der Waals surface area contributed by atoms with E-state index in [1.807, 2.05) is 0 Å². The van der Waals surface area contributed by atoms with Crippen LogP contribution in [0.15, 0.2) is 40.8 Å². The van der Waals surface area contributed by atoms with Crippen molar-refractivity contribution >= 4 is 17.3 Å². The van der Waals surface area contributed by atoms with Crippen LogP contribution in [0, 0.1) is 11.6 Å². The minimum absolute atomic E-state index is 0.276. The minimum atomic E-state index is -0.689. The fraction of sp³-hybridized carbons (Fsp3) is 0.0625. The zero-order chi connectivity index (χ0) is 15.0. The Morgan fingerprint density at radius 2 is 1.76 bits per heavy atom. The van der Waals surface area contributed by atoms with Crippen molar-refractivity contribution in [2.24, 2.45) is 0 Å². The molecule has 5 heteroatoms. The van der Waals surface area contributed by atoms with Crippen LogP contribution >= 0.6 is 0 Å². The van der Waals surface area contributed by atoms with E-state index in [9.17, 15) is 13.6 Å². The highest BCUT2D eigenvalue weighted by Crippen LogP contribution is 2.34. The zero-order valence-electron chi connectivity index (χ0n) is 11.0. The van der Waals surface area contributed by atoms with Crippen molar-refractivity contribution in [1.82, 2.24) is 0 Å². The number of fused-ring (bicyclic) bond motifs is 1. The second-order valence-electron chi connectivity index (χ2n) is 4.53. The summed E-state index contributed by atoms with van der Waals surface area (Å²) in [5.74, 6) is -0.695. The Morgan fingerprint density at radius 1 is 1.05 bits per heavy atom. The van der Waals surface area contributed by atoms with Gasteiger partial charge < -0.3 is 9.15 Å². The van der Waals surface area contributed by atoms with E-state index < -0.39 is 11.6 Å².